The maximum Gasteiger partial charge on any atom is 0.275 e. The fourth-order valence-corrected chi connectivity index (χ4v) is 2.76. The highest BCUT2D eigenvalue weighted by Gasteiger charge is 2.25. The predicted octanol–water partition coefficient (Wildman–Crippen LogP) is 2.09. The Hall–Kier alpha value is -2.54. The average Bonchev–Trinajstić information content (AvgIpc) is 3.15. The normalized spacial score (nSPS) is 17.4. The molecule has 2 heterocycles. The van der Waals surface area contributed by atoms with E-state index in [1.54, 1.807) is 13.2 Å². The van der Waals surface area contributed by atoms with Crippen molar-refractivity contribution < 1.29 is 18.7 Å². The zero-order chi connectivity index (χ0) is 17.6. The van der Waals surface area contributed by atoms with Crippen molar-refractivity contribution in [3.05, 3.63) is 42.1 Å². The molecule has 0 spiro atoms. The summed E-state index contributed by atoms with van der Waals surface area (Å²) in [5, 5.41) is 3.39. The van der Waals surface area contributed by atoms with Crippen LogP contribution in [0.15, 0.2) is 34.9 Å². The molecule has 1 aliphatic rings. The number of methoxy groups -OCH3 is 1. The van der Waals surface area contributed by atoms with Crippen molar-refractivity contribution in [2.24, 2.45) is 0 Å². The molecule has 0 radical (unpaired) electrons. The highest BCUT2D eigenvalue weighted by atomic mass is 16.5. The molecular formula is C18H23N3O4. The molecule has 1 aliphatic heterocycles. The number of oxazole rings is 1. The van der Waals surface area contributed by atoms with Gasteiger partial charge in [-0.2, -0.15) is 0 Å². The summed E-state index contributed by atoms with van der Waals surface area (Å²) in [6.45, 7) is 4.43. The summed E-state index contributed by atoms with van der Waals surface area (Å²) in [6.07, 6.45) is 2.39. The number of benzene rings is 1. The Balaban J connectivity index is 1.59. The lowest BCUT2D eigenvalue weighted by Crippen LogP contribution is -2.52. The van der Waals surface area contributed by atoms with Crippen molar-refractivity contribution in [1.29, 1.82) is 0 Å². The van der Waals surface area contributed by atoms with E-state index in [0.717, 1.165) is 13.0 Å². The van der Waals surface area contributed by atoms with Gasteiger partial charge in [0, 0.05) is 31.7 Å². The number of nitrogens with one attached hydrogen (secondary N) is 1. The molecule has 1 saturated heterocycles. The molecule has 2 aromatic rings. The quantitative estimate of drug-likeness (QED) is 0.864. The zero-order valence-corrected chi connectivity index (χ0v) is 14.5. The standard InChI is InChI=1S/C18H23N3O4/c1-3-13-10-21(8-7-19-13)18(22)16-11-25-17(20-16)12-24-15-6-4-5-14(9-15)23-2/h4-6,9,11,13,19H,3,7-8,10,12H2,1-2H3/t13-/m0/s1. The molecule has 0 aliphatic carbocycles. The second kappa shape index (κ2) is 8.02. The molecule has 134 valence electrons. The van der Waals surface area contributed by atoms with Gasteiger partial charge in [0.1, 0.15) is 17.8 Å². The van der Waals surface area contributed by atoms with E-state index in [2.05, 4.69) is 17.2 Å². The van der Waals surface area contributed by atoms with Crippen LogP contribution in [0.25, 0.3) is 0 Å². The van der Waals surface area contributed by atoms with Crippen LogP contribution in [0.1, 0.15) is 29.7 Å². The fraction of sp³-hybridized carbons (Fsp3) is 0.444. The van der Waals surface area contributed by atoms with Gasteiger partial charge in [-0.1, -0.05) is 13.0 Å². The van der Waals surface area contributed by atoms with E-state index in [4.69, 9.17) is 13.9 Å². The van der Waals surface area contributed by atoms with Crippen LogP contribution in [-0.2, 0) is 6.61 Å². The van der Waals surface area contributed by atoms with Gasteiger partial charge in [-0.3, -0.25) is 4.79 Å². The molecular weight excluding hydrogens is 322 g/mol. The van der Waals surface area contributed by atoms with Gasteiger partial charge in [-0.25, -0.2) is 4.98 Å². The molecule has 1 aromatic heterocycles. The Morgan fingerprint density at radius 1 is 1.44 bits per heavy atom. The number of hydrogen-bond acceptors (Lipinski definition) is 6. The number of ether oxygens (including phenoxy) is 2. The first-order chi connectivity index (χ1) is 12.2. The number of rotatable bonds is 6. The number of nitrogens with zero attached hydrogens (tertiary/aromatic N) is 2. The number of hydrogen-bond donors (Lipinski definition) is 1. The van der Waals surface area contributed by atoms with Crippen molar-refractivity contribution in [2.45, 2.75) is 26.0 Å². The lowest BCUT2D eigenvalue weighted by Gasteiger charge is -2.32. The average molecular weight is 345 g/mol. The van der Waals surface area contributed by atoms with E-state index in [9.17, 15) is 4.79 Å². The Labute approximate surface area is 146 Å². The van der Waals surface area contributed by atoms with Crippen molar-refractivity contribution in [3.8, 4) is 11.5 Å². The Kier molecular flexibility index (Phi) is 5.55. The van der Waals surface area contributed by atoms with Gasteiger partial charge in [0.25, 0.3) is 5.91 Å². The first-order valence-electron chi connectivity index (χ1n) is 8.43. The predicted molar refractivity (Wildman–Crippen MR) is 91.8 cm³/mol. The number of piperazine rings is 1. The van der Waals surface area contributed by atoms with Crippen LogP contribution < -0.4 is 14.8 Å². The Bertz CT molecular complexity index is 716. The van der Waals surface area contributed by atoms with E-state index in [1.165, 1.54) is 6.26 Å². The van der Waals surface area contributed by atoms with Gasteiger partial charge in [0.2, 0.25) is 5.89 Å². The van der Waals surface area contributed by atoms with Crippen LogP contribution in [0, 0.1) is 0 Å². The summed E-state index contributed by atoms with van der Waals surface area (Å²) in [4.78, 5) is 18.6. The summed E-state index contributed by atoms with van der Waals surface area (Å²) in [6, 6.07) is 7.61. The number of carbonyl (C=O) groups excluding carboxylic acids is 1. The monoisotopic (exact) mass is 345 g/mol. The minimum absolute atomic E-state index is 0.101. The summed E-state index contributed by atoms with van der Waals surface area (Å²) in [5.74, 6) is 1.63. The third-order valence-electron chi connectivity index (χ3n) is 4.21. The summed E-state index contributed by atoms with van der Waals surface area (Å²) < 4.78 is 16.2. The second-order valence-electron chi connectivity index (χ2n) is 5.90. The van der Waals surface area contributed by atoms with Crippen LogP contribution in [0.4, 0.5) is 0 Å². The van der Waals surface area contributed by atoms with Crippen LogP contribution in [0.5, 0.6) is 11.5 Å². The summed E-state index contributed by atoms with van der Waals surface area (Å²) in [5.41, 5.74) is 0.320. The van der Waals surface area contributed by atoms with E-state index in [0.29, 0.717) is 42.2 Å². The van der Waals surface area contributed by atoms with Crippen LogP contribution in [-0.4, -0.2) is 48.6 Å². The molecule has 7 heteroatoms. The van der Waals surface area contributed by atoms with Gasteiger partial charge in [0.05, 0.1) is 7.11 Å². The maximum atomic E-state index is 12.6. The zero-order valence-electron chi connectivity index (χ0n) is 14.5. The molecule has 1 N–H and O–H groups in total. The topological polar surface area (TPSA) is 76.8 Å². The van der Waals surface area contributed by atoms with Gasteiger partial charge < -0.3 is 24.1 Å². The molecule has 3 rings (SSSR count). The van der Waals surface area contributed by atoms with Crippen LogP contribution in [0.2, 0.25) is 0 Å². The SMILES string of the molecule is CC[C@H]1CN(C(=O)c2coc(COc3cccc(OC)c3)n2)CCN1. The minimum atomic E-state index is -0.101. The van der Waals surface area contributed by atoms with E-state index >= 15 is 0 Å². The van der Waals surface area contributed by atoms with Crippen molar-refractivity contribution in [2.75, 3.05) is 26.7 Å². The largest absolute Gasteiger partial charge is 0.497 e. The van der Waals surface area contributed by atoms with Crippen molar-refractivity contribution >= 4 is 5.91 Å². The second-order valence-corrected chi connectivity index (χ2v) is 5.90. The molecule has 1 amide bonds. The molecule has 1 aromatic carbocycles. The molecule has 25 heavy (non-hydrogen) atoms. The van der Waals surface area contributed by atoms with E-state index in [1.807, 2.05) is 23.1 Å². The number of carbonyl (C=O) groups is 1. The fourth-order valence-electron chi connectivity index (χ4n) is 2.76. The highest BCUT2D eigenvalue weighted by Crippen LogP contribution is 2.20. The molecule has 0 unspecified atom stereocenters. The Morgan fingerprint density at radius 2 is 2.28 bits per heavy atom. The maximum absolute atomic E-state index is 12.6. The molecule has 7 nitrogen and oxygen atoms in total. The van der Waals surface area contributed by atoms with E-state index in [-0.39, 0.29) is 12.5 Å². The minimum Gasteiger partial charge on any atom is -0.497 e. The van der Waals surface area contributed by atoms with E-state index < -0.39 is 0 Å². The van der Waals surface area contributed by atoms with Crippen molar-refractivity contribution in [1.82, 2.24) is 15.2 Å². The number of aromatic nitrogens is 1. The van der Waals surface area contributed by atoms with Gasteiger partial charge in [-0.15, -0.1) is 0 Å². The first-order valence-corrected chi connectivity index (χ1v) is 8.43. The smallest absolute Gasteiger partial charge is 0.275 e. The van der Waals surface area contributed by atoms with Crippen LogP contribution in [0.3, 0.4) is 0 Å². The highest BCUT2D eigenvalue weighted by molar-refractivity contribution is 5.92. The summed E-state index contributed by atoms with van der Waals surface area (Å²) in [7, 11) is 1.60. The van der Waals surface area contributed by atoms with Gasteiger partial charge in [0.15, 0.2) is 12.3 Å². The van der Waals surface area contributed by atoms with Gasteiger partial charge >= 0.3 is 0 Å². The third kappa shape index (κ3) is 4.30. The molecule has 0 saturated carbocycles. The Morgan fingerprint density at radius 3 is 3.08 bits per heavy atom. The lowest BCUT2D eigenvalue weighted by atomic mass is 10.1. The van der Waals surface area contributed by atoms with Crippen molar-refractivity contribution in [3.63, 3.8) is 0 Å². The molecule has 0 bridgehead atoms. The van der Waals surface area contributed by atoms with Gasteiger partial charge in [-0.05, 0) is 18.6 Å². The summed E-state index contributed by atoms with van der Waals surface area (Å²) >= 11 is 0. The first kappa shape index (κ1) is 17.3. The lowest BCUT2D eigenvalue weighted by molar-refractivity contribution is 0.0695. The number of amides is 1. The molecule has 1 atom stereocenters. The third-order valence-corrected chi connectivity index (χ3v) is 4.21. The van der Waals surface area contributed by atoms with Crippen LogP contribution >= 0.6 is 0 Å². The molecule has 1 fully saturated rings.